The zero-order chi connectivity index (χ0) is 18.8. The Labute approximate surface area is 163 Å². The number of benzene rings is 1. The molecule has 4 rings (SSSR count). The highest BCUT2D eigenvalue weighted by atomic mass is 32.1. The Kier molecular flexibility index (Phi) is 5.13. The van der Waals surface area contributed by atoms with Crippen LogP contribution < -0.4 is 0 Å². The van der Waals surface area contributed by atoms with Crippen LogP contribution in [0.2, 0.25) is 0 Å². The summed E-state index contributed by atoms with van der Waals surface area (Å²) in [6.07, 6.45) is 5.89. The fourth-order valence-corrected chi connectivity index (χ4v) is 3.58. The van der Waals surface area contributed by atoms with E-state index in [4.69, 9.17) is 17.3 Å². The number of nitrogens with zero attached hydrogens (tertiary/aromatic N) is 5. The molecular formula is C20H22FN5S. The van der Waals surface area contributed by atoms with Crippen LogP contribution >= 0.6 is 12.2 Å². The number of aromatic nitrogens is 4. The fourth-order valence-electron chi connectivity index (χ4n) is 3.26. The minimum Gasteiger partial charge on any atom is -0.300 e. The average molecular weight is 383 g/mol. The summed E-state index contributed by atoms with van der Waals surface area (Å²) in [4.78, 5) is 6.45. The molecule has 3 aromatic rings. The van der Waals surface area contributed by atoms with E-state index in [2.05, 4.69) is 16.8 Å². The second kappa shape index (κ2) is 7.70. The van der Waals surface area contributed by atoms with E-state index in [1.807, 2.05) is 33.5 Å². The van der Waals surface area contributed by atoms with Gasteiger partial charge in [0.1, 0.15) is 5.82 Å². The summed E-state index contributed by atoms with van der Waals surface area (Å²) < 4.78 is 17.9. The number of halogens is 1. The summed E-state index contributed by atoms with van der Waals surface area (Å²) in [5, 5.41) is 4.80. The summed E-state index contributed by atoms with van der Waals surface area (Å²) in [6, 6.07) is 11.1. The molecule has 1 aliphatic rings. The Morgan fingerprint density at radius 3 is 2.48 bits per heavy atom. The van der Waals surface area contributed by atoms with Gasteiger partial charge < -0.3 is 4.57 Å². The SMILES string of the molecule is CCn1c(-c2ccncc2)nn(CN(Cc2ccc(F)cc2)C2CC2)c1=S. The molecule has 140 valence electrons. The zero-order valence-corrected chi connectivity index (χ0v) is 16.1. The quantitative estimate of drug-likeness (QED) is 0.572. The van der Waals surface area contributed by atoms with Gasteiger partial charge in [0.05, 0.1) is 6.67 Å². The van der Waals surface area contributed by atoms with Gasteiger partial charge in [0.2, 0.25) is 0 Å². The first-order valence-electron chi connectivity index (χ1n) is 9.22. The molecule has 27 heavy (non-hydrogen) atoms. The van der Waals surface area contributed by atoms with Crippen molar-refractivity contribution >= 4 is 12.2 Å². The van der Waals surface area contributed by atoms with Gasteiger partial charge >= 0.3 is 0 Å². The van der Waals surface area contributed by atoms with E-state index >= 15 is 0 Å². The van der Waals surface area contributed by atoms with E-state index in [-0.39, 0.29) is 5.82 Å². The monoisotopic (exact) mass is 383 g/mol. The van der Waals surface area contributed by atoms with Crippen LogP contribution in [0.15, 0.2) is 48.8 Å². The van der Waals surface area contributed by atoms with Crippen LogP contribution in [0, 0.1) is 10.6 Å². The molecule has 1 aliphatic carbocycles. The number of hydrogen-bond donors (Lipinski definition) is 0. The first-order chi connectivity index (χ1) is 13.2. The highest BCUT2D eigenvalue weighted by Crippen LogP contribution is 2.29. The lowest BCUT2D eigenvalue weighted by molar-refractivity contribution is 0.186. The van der Waals surface area contributed by atoms with Crippen molar-refractivity contribution in [3.63, 3.8) is 0 Å². The average Bonchev–Trinajstić information content (AvgIpc) is 3.49. The smallest absolute Gasteiger partial charge is 0.199 e. The molecule has 2 aromatic heterocycles. The molecule has 1 aromatic carbocycles. The molecule has 2 heterocycles. The van der Waals surface area contributed by atoms with Crippen LogP contribution in [0.5, 0.6) is 0 Å². The molecule has 0 spiro atoms. The second-order valence-electron chi connectivity index (χ2n) is 6.83. The van der Waals surface area contributed by atoms with Gasteiger partial charge in [-0.1, -0.05) is 12.1 Å². The number of pyridine rings is 1. The highest BCUT2D eigenvalue weighted by molar-refractivity contribution is 7.71. The Balaban J connectivity index is 1.61. The summed E-state index contributed by atoms with van der Waals surface area (Å²) in [5.74, 6) is 0.657. The minimum atomic E-state index is -0.206. The van der Waals surface area contributed by atoms with Gasteiger partial charge in [-0.15, -0.1) is 0 Å². The molecule has 0 atom stereocenters. The summed E-state index contributed by atoms with van der Waals surface area (Å²) >= 11 is 5.69. The standard InChI is InChI=1S/C20H22FN5S/c1-2-25-19(16-9-11-22-12-10-16)23-26(20(25)27)14-24(18-7-8-18)13-15-3-5-17(21)6-4-15/h3-6,9-12,18H,2,7-8,13-14H2,1H3. The van der Waals surface area contributed by atoms with Crippen LogP contribution in [-0.4, -0.2) is 30.3 Å². The maximum absolute atomic E-state index is 13.2. The Morgan fingerprint density at radius 1 is 1.15 bits per heavy atom. The Morgan fingerprint density at radius 2 is 1.85 bits per heavy atom. The maximum Gasteiger partial charge on any atom is 0.199 e. The lowest BCUT2D eigenvalue weighted by atomic mass is 10.2. The van der Waals surface area contributed by atoms with Gasteiger partial charge in [-0.25, -0.2) is 9.07 Å². The summed E-state index contributed by atoms with van der Waals surface area (Å²) in [6.45, 7) is 4.23. The van der Waals surface area contributed by atoms with Crippen LogP contribution in [-0.2, 0) is 19.8 Å². The van der Waals surface area contributed by atoms with Crippen molar-refractivity contribution in [2.75, 3.05) is 0 Å². The summed E-state index contributed by atoms with van der Waals surface area (Å²) in [7, 11) is 0. The summed E-state index contributed by atoms with van der Waals surface area (Å²) in [5.41, 5.74) is 2.10. The molecule has 0 radical (unpaired) electrons. The van der Waals surface area contributed by atoms with E-state index < -0.39 is 0 Å². The van der Waals surface area contributed by atoms with Crippen molar-refractivity contribution in [2.45, 2.75) is 45.6 Å². The number of hydrogen-bond acceptors (Lipinski definition) is 4. The molecule has 0 bridgehead atoms. The third-order valence-corrected chi connectivity index (χ3v) is 5.29. The van der Waals surface area contributed by atoms with Crippen molar-refractivity contribution in [3.8, 4) is 11.4 Å². The van der Waals surface area contributed by atoms with Gasteiger partial charge in [-0.3, -0.25) is 9.88 Å². The molecule has 0 aliphatic heterocycles. The lowest BCUT2D eigenvalue weighted by Crippen LogP contribution is -2.29. The molecule has 1 fully saturated rings. The van der Waals surface area contributed by atoms with Gasteiger partial charge in [0.25, 0.3) is 0 Å². The van der Waals surface area contributed by atoms with E-state index in [1.54, 1.807) is 12.4 Å². The highest BCUT2D eigenvalue weighted by Gasteiger charge is 2.30. The molecule has 1 saturated carbocycles. The largest absolute Gasteiger partial charge is 0.300 e. The van der Waals surface area contributed by atoms with E-state index in [9.17, 15) is 4.39 Å². The van der Waals surface area contributed by atoms with E-state index in [0.29, 0.717) is 17.5 Å². The van der Waals surface area contributed by atoms with Gasteiger partial charge in [-0.05, 0) is 61.8 Å². The van der Waals surface area contributed by atoms with Gasteiger partial charge in [0, 0.05) is 37.1 Å². The Bertz CT molecular complexity index is 960. The van der Waals surface area contributed by atoms with Crippen LogP contribution in [0.3, 0.4) is 0 Å². The number of rotatable bonds is 7. The first kappa shape index (κ1) is 18.0. The maximum atomic E-state index is 13.2. The van der Waals surface area contributed by atoms with Crippen molar-refractivity contribution in [1.82, 2.24) is 24.2 Å². The topological polar surface area (TPSA) is 38.9 Å². The lowest BCUT2D eigenvalue weighted by Gasteiger charge is -2.21. The predicted molar refractivity (Wildman–Crippen MR) is 105 cm³/mol. The van der Waals surface area contributed by atoms with Gasteiger partial charge in [-0.2, -0.15) is 5.10 Å². The fraction of sp³-hybridized carbons (Fsp3) is 0.350. The Hall–Kier alpha value is -2.38. The first-order valence-corrected chi connectivity index (χ1v) is 9.63. The van der Waals surface area contributed by atoms with Crippen molar-refractivity contribution in [3.05, 3.63) is 64.9 Å². The van der Waals surface area contributed by atoms with E-state index in [1.165, 1.54) is 25.0 Å². The normalized spacial score (nSPS) is 14.0. The molecule has 7 heteroatoms. The zero-order valence-electron chi connectivity index (χ0n) is 15.3. The van der Waals surface area contributed by atoms with E-state index in [0.717, 1.165) is 30.0 Å². The predicted octanol–water partition coefficient (Wildman–Crippen LogP) is 4.26. The van der Waals surface area contributed by atoms with Crippen molar-refractivity contribution < 1.29 is 4.39 Å². The molecular weight excluding hydrogens is 361 g/mol. The minimum absolute atomic E-state index is 0.206. The third kappa shape index (κ3) is 3.99. The van der Waals surface area contributed by atoms with Gasteiger partial charge in [0.15, 0.2) is 10.6 Å². The van der Waals surface area contributed by atoms with Crippen LogP contribution in [0.1, 0.15) is 25.3 Å². The third-order valence-electron chi connectivity index (χ3n) is 4.86. The van der Waals surface area contributed by atoms with Crippen LogP contribution in [0.25, 0.3) is 11.4 Å². The molecule has 0 unspecified atom stereocenters. The molecule has 0 saturated heterocycles. The molecule has 0 amide bonds. The molecule has 5 nitrogen and oxygen atoms in total. The van der Waals surface area contributed by atoms with Crippen molar-refractivity contribution in [1.29, 1.82) is 0 Å². The second-order valence-corrected chi connectivity index (χ2v) is 7.20. The van der Waals surface area contributed by atoms with Crippen LogP contribution in [0.4, 0.5) is 4.39 Å². The van der Waals surface area contributed by atoms with Crippen molar-refractivity contribution in [2.24, 2.45) is 0 Å². The molecule has 0 N–H and O–H groups in total.